The fourth-order valence-electron chi connectivity index (χ4n) is 1.61. The molecule has 0 bridgehead atoms. The van der Waals surface area contributed by atoms with Crippen molar-refractivity contribution in [2.75, 3.05) is 13.1 Å². The normalized spacial score (nSPS) is 11.8. The number of thiazole rings is 1. The van der Waals surface area contributed by atoms with Gasteiger partial charge in [0.1, 0.15) is 6.04 Å². The zero-order valence-corrected chi connectivity index (χ0v) is 12.4. The molecule has 1 aromatic rings. The van der Waals surface area contributed by atoms with Crippen molar-refractivity contribution in [3.63, 3.8) is 0 Å². The minimum atomic E-state index is -1.19. The highest BCUT2D eigenvalue weighted by Gasteiger charge is 2.22. The van der Waals surface area contributed by atoms with Crippen molar-refractivity contribution in [1.82, 2.24) is 15.2 Å². The highest BCUT2D eigenvalue weighted by molar-refractivity contribution is 7.11. The lowest BCUT2D eigenvalue weighted by Gasteiger charge is -2.23. The Bertz CT molecular complexity index is 511. The van der Waals surface area contributed by atoms with Crippen LogP contribution in [0.3, 0.4) is 0 Å². The van der Waals surface area contributed by atoms with Crippen molar-refractivity contribution in [3.8, 4) is 0 Å². The highest BCUT2D eigenvalue weighted by Crippen LogP contribution is 2.10. The van der Waals surface area contributed by atoms with E-state index in [0.717, 1.165) is 11.3 Å². The van der Waals surface area contributed by atoms with Gasteiger partial charge in [-0.2, -0.15) is 0 Å². The molecule has 0 aliphatic carbocycles. The number of aromatic nitrogens is 1. The number of likely N-dealkylation sites (N-methyl/N-ethyl adjacent to an activating group) is 1. The van der Waals surface area contributed by atoms with Crippen LogP contribution in [0.5, 0.6) is 0 Å². The van der Waals surface area contributed by atoms with Crippen molar-refractivity contribution in [2.45, 2.75) is 26.8 Å². The molecule has 0 aliphatic rings. The first kappa shape index (κ1) is 16.1. The van der Waals surface area contributed by atoms with Crippen LogP contribution >= 0.6 is 11.3 Å². The van der Waals surface area contributed by atoms with Crippen LogP contribution in [0.4, 0.5) is 0 Å². The van der Waals surface area contributed by atoms with E-state index < -0.39 is 17.9 Å². The first-order chi connectivity index (χ1) is 9.40. The first-order valence-corrected chi connectivity index (χ1v) is 7.07. The van der Waals surface area contributed by atoms with Gasteiger partial charge in [0.15, 0.2) is 10.7 Å². The Morgan fingerprint density at radius 3 is 2.45 bits per heavy atom. The standard InChI is InChI=1S/C12H17N3O4S/c1-4-15(5-2)11(17)7(3)13-9(16)10-14-8(6-20-10)12(18)19/h6-7H,4-5H2,1-3H3,(H,13,16)(H,18,19). The Labute approximate surface area is 120 Å². The summed E-state index contributed by atoms with van der Waals surface area (Å²) >= 11 is 0.931. The monoisotopic (exact) mass is 299 g/mol. The molecular formula is C12H17N3O4S. The minimum absolute atomic E-state index is 0.0293. The van der Waals surface area contributed by atoms with Crippen LogP contribution in [0.25, 0.3) is 0 Å². The smallest absolute Gasteiger partial charge is 0.355 e. The van der Waals surface area contributed by atoms with Gasteiger partial charge in [0.25, 0.3) is 5.91 Å². The summed E-state index contributed by atoms with van der Waals surface area (Å²) < 4.78 is 0. The Hall–Kier alpha value is -1.96. The van der Waals surface area contributed by atoms with Crippen LogP contribution in [0, 0.1) is 0 Å². The van der Waals surface area contributed by atoms with Crippen LogP contribution in [0.1, 0.15) is 41.1 Å². The van der Waals surface area contributed by atoms with Gasteiger partial charge in [0.2, 0.25) is 5.91 Å². The predicted octanol–water partition coefficient (Wildman–Crippen LogP) is 0.828. The van der Waals surface area contributed by atoms with Crippen molar-refractivity contribution < 1.29 is 19.5 Å². The number of hydrogen-bond acceptors (Lipinski definition) is 5. The number of aromatic carboxylic acids is 1. The first-order valence-electron chi connectivity index (χ1n) is 6.19. The summed E-state index contributed by atoms with van der Waals surface area (Å²) in [7, 11) is 0. The summed E-state index contributed by atoms with van der Waals surface area (Å²) in [4.78, 5) is 39.8. The Balaban J connectivity index is 2.69. The molecule has 2 amide bonds. The van der Waals surface area contributed by atoms with Gasteiger partial charge >= 0.3 is 5.97 Å². The maximum Gasteiger partial charge on any atom is 0.355 e. The maximum atomic E-state index is 12.0. The van der Waals surface area contributed by atoms with E-state index in [1.165, 1.54) is 5.38 Å². The number of nitrogens with zero attached hydrogens (tertiary/aromatic N) is 2. The van der Waals surface area contributed by atoms with Gasteiger partial charge in [-0.25, -0.2) is 9.78 Å². The van der Waals surface area contributed by atoms with Crippen LogP contribution < -0.4 is 5.32 Å². The Morgan fingerprint density at radius 2 is 2.00 bits per heavy atom. The lowest BCUT2D eigenvalue weighted by atomic mass is 10.2. The van der Waals surface area contributed by atoms with Crippen LogP contribution in [0.2, 0.25) is 0 Å². The summed E-state index contributed by atoms with van der Waals surface area (Å²) in [6, 6.07) is -0.681. The van der Waals surface area contributed by atoms with E-state index >= 15 is 0 Å². The van der Waals surface area contributed by atoms with Crippen LogP contribution in [-0.2, 0) is 4.79 Å². The molecule has 1 aromatic heterocycles. The van der Waals surface area contributed by atoms with Gasteiger partial charge in [-0.05, 0) is 20.8 Å². The summed E-state index contributed by atoms with van der Waals surface area (Å²) in [5.74, 6) is -1.92. The SMILES string of the molecule is CCN(CC)C(=O)C(C)NC(=O)c1nc(C(=O)O)cs1. The summed E-state index contributed by atoms with van der Waals surface area (Å²) in [5, 5.41) is 12.6. The predicted molar refractivity (Wildman–Crippen MR) is 73.9 cm³/mol. The number of carboxylic acids is 1. The number of carboxylic acid groups (broad SMARTS) is 1. The average molecular weight is 299 g/mol. The molecule has 0 fully saturated rings. The van der Waals surface area contributed by atoms with E-state index in [1.54, 1.807) is 11.8 Å². The zero-order chi connectivity index (χ0) is 15.3. The number of carbonyl (C=O) groups excluding carboxylic acids is 2. The van der Waals surface area contributed by atoms with Crippen molar-refractivity contribution in [3.05, 3.63) is 16.1 Å². The summed E-state index contributed by atoms with van der Waals surface area (Å²) in [5.41, 5.74) is -0.178. The molecule has 110 valence electrons. The average Bonchev–Trinajstić information content (AvgIpc) is 2.89. The van der Waals surface area contributed by atoms with E-state index in [-0.39, 0.29) is 16.6 Å². The van der Waals surface area contributed by atoms with Gasteiger partial charge < -0.3 is 15.3 Å². The van der Waals surface area contributed by atoms with Gasteiger partial charge in [-0.3, -0.25) is 9.59 Å². The van der Waals surface area contributed by atoms with Crippen molar-refractivity contribution >= 4 is 29.1 Å². The number of rotatable bonds is 6. The Kier molecular flexibility index (Phi) is 5.63. The van der Waals surface area contributed by atoms with Gasteiger partial charge in [0.05, 0.1) is 0 Å². The molecular weight excluding hydrogens is 282 g/mol. The third-order valence-corrected chi connectivity index (χ3v) is 3.55. The molecule has 20 heavy (non-hydrogen) atoms. The van der Waals surface area contributed by atoms with Crippen LogP contribution in [-0.4, -0.2) is 51.9 Å². The molecule has 0 aliphatic heterocycles. The second-order valence-corrected chi connectivity index (χ2v) is 4.91. The second kappa shape index (κ2) is 6.99. The number of carbonyl (C=O) groups is 3. The number of hydrogen-bond donors (Lipinski definition) is 2. The van der Waals surface area contributed by atoms with Gasteiger partial charge in [-0.1, -0.05) is 0 Å². The molecule has 0 aromatic carbocycles. The van der Waals surface area contributed by atoms with Crippen LogP contribution in [0.15, 0.2) is 5.38 Å². The largest absolute Gasteiger partial charge is 0.476 e. The highest BCUT2D eigenvalue weighted by atomic mass is 32.1. The molecule has 1 unspecified atom stereocenters. The Morgan fingerprint density at radius 1 is 1.40 bits per heavy atom. The number of nitrogens with one attached hydrogen (secondary N) is 1. The lowest BCUT2D eigenvalue weighted by Crippen LogP contribution is -2.46. The van der Waals surface area contributed by atoms with Crippen molar-refractivity contribution in [2.24, 2.45) is 0 Å². The molecule has 1 rings (SSSR count). The summed E-state index contributed by atoms with van der Waals surface area (Å²) in [6.45, 7) is 6.43. The molecule has 1 heterocycles. The van der Waals surface area contributed by atoms with Gasteiger partial charge in [-0.15, -0.1) is 11.3 Å². The lowest BCUT2D eigenvalue weighted by molar-refractivity contribution is -0.132. The zero-order valence-electron chi connectivity index (χ0n) is 11.5. The minimum Gasteiger partial charge on any atom is -0.476 e. The molecule has 1 atom stereocenters. The van der Waals surface area contributed by atoms with E-state index in [1.807, 2.05) is 13.8 Å². The van der Waals surface area contributed by atoms with Gasteiger partial charge in [0, 0.05) is 18.5 Å². The fraction of sp³-hybridized carbons (Fsp3) is 0.500. The topological polar surface area (TPSA) is 99.6 Å². The van der Waals surface area contributed by atoms with Crippen molar-refractivity contribution in [1.29, 1.82) is 0 Å². The van der Waals surface area contributed by atoms with E-state index in [2.05, 4.69) is 10.3 Å². The summed E-state index contributed by atoms with van der Waals surface area (Å²) in [6.07, 6.45) is 0. The van der Waals surface area contributed by atoms with E-state index in [0.29, 0.717) is 13.1 Å². The fourth-order valence-corrected chi connectivity index (χ4v) is 2.30. The number of amides is 2. The van der Waals surface area contributed by atoms with E-state index in [4.69, 9.17) is 5.11 Å². The quantitative estimate of drug-likeness (QED) is 0.810. The molecule has 0 radical (unpaired) electrons. The maximum absolute atomic E-state index is 12.0. The molecule has 8 heteroatoms. The van der Waals surface area contributed by atoms with E-state index in [9.17, 15) is 14.4 Å². The third kappa shape index (κ3) is 3.77. The third-order valence-electron chi connectivity index (χ3n) is 2.71. The molecule has 0 spiro atoms. The molecule has 0 saturated carbocycles. The molecule has 2 N–H and O–H groups in total. The second-order valence-electron chi connectivity index (χ2n) is 4.05. The molecule has 0 saturated heterocycles. The molecule has 7 nitrogen and oxygen atoms in total.